The van der Waals surface area contributed by atoms with E-state index in [-0.39, 0.29) is 11.6 Å². The molecule has 0 aliphatic heterocycles. The van der Waals surface area contributed by atoms with E-state index in [1.165, 1.54) is 6.07 Å². The van der Waals surface area contributed by atoms with E-state index in [0.717, 1.165) is 5.56 Å². The summed E-state index contributed by atoms with van der Waals surface area (Å²) in [5.41, 5.74) is 6.41. The summed E-state index contributed by atoms with van der Waals surface area (Å²) in [6, 6.07) is 9.61. The van der Waals surface area contributed by atoms with E-state index >= 15 is 0 Å². The van der Waals surface area contributed by atoms with E-state index in [1.807, 2.05) is 6.92 Å². The van der Waals surface area contributed by atoms with Gasteiger partial charge in [0.05, 0.1) is 0 Å². The standard InChI is InChI=1S/C12H11FN2O/c1-8-5-6-9(13)10(7-8)16-12-4-2-3-11(14)15-12/h2-7H,1H3,(H2,14,15). The van der Waals surface area contributed by atoms with Crippen LogP contribution in [0.3, 0.4) is 0 Å². The summed E-state index contributed by atoms with van der Waals surface area (Å²) in [5, 5.41) is 0. The molecule has 0 spiro atoms. The van der Waals surface area contributed by atoms with Gasteiger partial charge in [-0.3, -0.25) is 0 Å². The highest BCUT2D eigenvalue weighted by Gasteiger charge is 2.05. The van der Waals surface area contributed by atoms with E-state index in [1.54, 1.807) is 30.3 Å². The predicted octanol–water partition coefficient (Wildman–Crippen LogP) is 2.90. The molecule has 2 N–H and O–H groups in total. The number of aromatic nitrogens is 1. The maximum Gasteiger partial charge on any atom is 0.221 e. The molecule has 1 aromatic carbocycles. The molecule has 1 heterocycles. The Kier molecular flexibility index (Phi) is 2.72. The zero-order chi connectivity index (χ0) is 11.5. The Labute approximate surface area is 92.7 Å². The number of nitrogens with two attached hydrogens (primary N) is 1. The van der Waals surface area contributed by atoms with Crippen molar-refractivity contribution in [3.05, 3.63) is 47.8 Å². The first-order valence-electron chi connectivity index (χ1n) is 4.82. The summed E-state index contributed by atoms with van der Waals surface area (Å²) in [7, 11) is 0. The first-order valence-corrected chi connectivity index (χ1v) is 4.82. The van der Waals surface area contributed by atoms with Crippen LogP contribution >= 0.6 is 0 Å². The number of rotatable bonds is 2. The maximum atomic E-state index is 13.4. The van der Waals surface area contributed by atoms with Gasteiger partial charge >= 0.3 is 0 Å². The number of pyridine rings is 1. The second-order valence-corrected chi connectivity index (χ2v) is 3.44. The number of hydrogen-bond donors (Lipinski definition) is 1. The molecule has 0 amide bonds. The Morgan fingerprint density at radius 2 is 2.06 bits per heavy atom. The zero-order valence-corrected chi connectivity index (χ0v) is 8.77. The third-order valence-electron chi connectivity index (χ3n) is 2.05. The Morgan fingerprint density at radius 1 is 1.25 bits per heavy atom. The zero-order valence-electron chi connectivity index (χ0n) is 8.77. The van der Waals surface area contributed by atoms with Crippen molar-refractivity contribution in [2.45, 2.75) is 6.92 Å². The van der Waals surface area contributed by atoms with E-state index < -0.39 is 5.82 Å². The monoisotopic (exact) mass is 218 g/mol. The van der Waals surface area contributed by atoms with Crippen LogP contribution in [0.25, 0.3) is 0 Å². The van der Waals surface area contributed by atoms with Gasteiger partial charge in [-0.1, -0.05) is 12.1 Å². The first kappa shape index (κ1) is 10.4. The molecule has 82 valence electrons. The fourth-order valence-corrected chi connectivity index (χ4v) is 1.29. The lowest BCUT2D eigenvalue weighted by atomic mass is 10.2. The molecule has 2 rings (SSSR count). The lowest BCUT2D eigenvalue weighted by molar-refractivity contribution is 0.428. The molecule has 3 nitrogen and oxygen atoms in total. The number of benzene rings is 1. The lowest BCUT2D eigenvalue weighted by Crippen LogP contribution is -1.94. The summed E-state index contributed by atoms with van der Waals surface area (Å²) >= 11 is 0. The van der Waals surface area contributed by atoms with Crippen molar-refractivity contribution in [1.29, 1.82) is 0 Å². The summed E-state index contributed by atoms with van der Waals surface area (Å²) in [6.07, 6.45) is 0. The predicted molar refractivity (Wildman–Crippen MR) is 59.9 cm³/mol. The number of nitrogens with zero attached hydrogens (tertiary/aromatic N) is 1. The largest absolute Gasteiger partial charge is 0.436 e. The SMILES string of the molecule is Cc1ccc(F)c(Oc2cccc(N)n2)c1. The highest BCUT2D eigenvalue weighted by molar-refractivity contribution is 5.36. The normalized spacial score (nSPS) is 10.1. The second-order valence-electron chi connectivity index (χ2n) is 3.44. The highest BCUT2D eigenvalue weighted by Crippen LogP contribution is 2.24. The van der Waals surface area contributed by atoms with Gasteiger partial charge in [0.2, 0.25) is 5.88 Å². The third-order valence-corrected chi connectivity index (χ3v) is 2.05. The van der Waals surface area contributed by atoms with E-state index in [0.29, 0.717) is 5.82 Å². The molecule has 0 saturated heterocycles. The minimum absolute atomic E-state index is 0.151. The van der Waals surface area contributed by atoms with Crippen LogP contribution < -0.4 is 10.5 Å². The third kappa shape index (κ3) is 2.28. The van der Waals surface area contributed by atoms with Crippen molar-refractivity contribution in [3.63, 3.8) is 0 Å². The molecule has 0 unspecified atom stereocenters. The van der Waals surface area contributed by atoms with Crippen LogP contribution in [0.15, 0.2) is 36.4 Å². The lowest BCUT2D eigenvalue weighted by Gasteiger charge is -2.06. The van der Waals surface area contributed by atoms with Crippen LogP contribution in [0.4, 0.5) is 10.2 Å². The Hall–Kier alpha value is -2.10. The number of anilines is 1. The Bertz CT molecular complexity index is 514. The van der Waals surface area contributed by atoms with Gasteiger partial charge in [-0.05, 0) is 30.7 Å². The quantitative estimate of drug-likeness (QED) is 0.843. The molecule has 0 bridgehead atoms. The van der Waals surface area contributed by atoms with Gasteiger partial charge in [-0.25, -0.2) is 4.39 Å². The van der Waals surface area contributed by atoms with Crippen molar-refractivity contribution in [2.24, 2.45) is 0 Å². The number of halogens is 1. The van der Waals surface area contributed by atoms with Gasteiger partial charge < -0.3 is 10.5 Å². The van der Waals surface area contributed by atoms with Gasteiger partial charge in [-0.15, -0.1) is 0 Å². The number of aryl methyl sites for hydroxylation is 1. The van der Waals surface area contributed by atoms with Crippen LogP contribution in [-0.4, -0.2) is 4.98 Å². The average Bonchev–Trinajstić information content (AvgIpc) is 2.24. The molecule has 1 aromatic heterocycles. The van der Waals surface area contributed by atoms with Gasteiger partial charge in [0.25, 0.3) is 0 Å². The molecule has 4 heteroatoms. The van der Waals surface area contributed by atoms with Crippen molar-refractivity contribution < 1.29 is 9.13 Å². The summed E-state index contributed by atoms with van der Waals surface area (Å²) in [5.74, 6) is 0.350. The van der Waals surface area contributed by atoms with E-state index in [4.69, 9.17) is 10.5 Å². The Morgan fingerprint density at radius 3 is 2.81 bits per heavy atom. The van der Waals surface area contributed by atoms with Gasteiger partial charge in [0, 0.05) is 6.07 Å². The summed E-state index contributed by atoms with van der Waals surface area (Å²) in [6.45, 7) is 1.86. The van der Waals surface area contributed by atoms with Gasteiger partial charge in [-0.2, -0.15) is 4.98 Å². The summed E-state index contributed by atoms with van der Waals surface area (Å²) in [4.78, 5) is 3.93. The molecular formula is C12H11FN2O. The molecular weight excluding hydrogens is 207 g/mol. The molecule has 0 aliphatic rings. The van der Waals surface area contributed by atoms with E-state index in [9.17, 15) is 4.39 Å². The average molecular weight is 218 g/mol. The summed E-state index contributed by atoms with van der Waals surface area (Å²) < 4.78 is 18.7. The first-order chi connectivity index (χ1) is 7.65. The minimum atomic E-state index is -0.421. The van der Waals surface area contributed by atoms with Crippen LogP contribution in [0.2, 0.25) is 0 Å². The minimum Gasteiger partial charge on any atom is -0.436 e. The van der Waals surface area contributed by atoms with Crippen LogP contribution in [-0.2, 0) is 0 Å². The molecule has 0 atom stereocenters. The molecule has 0 radical (unpaired) electrons. The fourth-order valence-electron chi connectivity index (χ4n) is 1.29. The van der Waals surface area contributed by atoms with Crippen molar-refractivity contribution in [2.75, 3.05) is 5.73 Å². The number of ether oxygens (including phenoxy) is 1. The molecule has 2 aromatic rings. The second kappa shape index (κ2) is 4.18. The number of nitrogen functional groups attached to an aromatic ring is 1. The van der Waals surface area contributed by atoms with Crippen molar-refractivity contribution in [1.82, 2.24) is 4.98 Å². The van der Waals surface area contributed by atoms with Crippen LogP contribution in [0.5, 0.6) is 11.6 Å². The molecule has 16 heavy (non-hydrogen) atoms. The van der Waals surface area contributed by atoms with E-state index in [2.05, 4.69) is 4.98 Å². The molecule has 0 saturated carbocycles. The smallest absolute Gasteiger partial charge is 0.221 e. The fraction of sp³-hybridized carbons (Fsp3) is 0.0833. The van der Waals surface area contributed by atoms with Gasteiger partial charge in [0.15, 0.2) is 11.6 Å². The number of hydrogen-bond acceptors (Lipinski definition) is 3. The Balaban J connectivity index is 2.30. The van der Waals surface area contributed by atoms with Gasteiger partial charge in [0.1, 0.15) is 5.82 Å². The molecule has 0 fully saturated rings. The van der Waals surface area contributed by atoms with Crippen molar-refractivity contribution >= 4 is 5.82 Å². The maximum absolute atomic E-state index is 13.4. The highest BCUT2D eigenvalue weighted by atomic mass is 19.1. The van der Waals surface area contributed by atoms with Crippen LogP contribution in [0, 0.1) is 12.7 Å². The topological polar surface area (TPSA) is 48.1 Å². The van der Waals surface area contributed by atoms with Crippen molar-refractivity contribution in [3.8, 4) is 11.6 Å². The van der Waals surface area contributed by atoms with Crippen LogP contribution in [0.1, 0.15) is 5.56 Å². The molecule has 0 aliphatic carbocycles.